The summed E-state index contributed by atoms with van der Waals surface area (Å²) < 4.78 is 5.88. The van der Waals surface area contributed by atoms with Crippen molar-refractivity contribution in [2.75, 3.05) is 7.11 Å². The van der Waals surface area contributed by atoms with Crippen LogP contribution in [0.4, 0.5) is 0 Å². The molecule has 0 spiro atoms. The number of Topliss-reactive ketones (excluding diaryl/α,β-unsaturated/α-hetero) is 1. The number of nitrogens with one attached hydrogen (secondary N) is 1. The second-order valence-electron chi connectivity index (χ2n) is 8.64. The largest absolute Gasteiger partial charge is 0.504 e. The molecule has 1 fully saturated rings. The van der Waals surface area contributed by atoms with Gasteiger partial charge in [-0.05, 0) is 72.0 Å². The van der Waals surface area contributed by atoms with Gasteiger partial charge in [-0.2, -0.15) is 0 Å². The Bertz CT molecular complexity index is 1220. The lowest BCUT2D eigenvalue weighted by Crippen LogP contribution is -2.39. The topological polar surface area (TPSA) is 110 Å². The van der Waals surface area contributed by atoms with Crippen LogP contribution in [0.1, 0.15) is 31.2 Å². The molecule has 1 heterocycles. The Morgan fingerprint density at radius 3 is 2.59 bits per heavy atom. The summed E-state index contributed by atoms with van der Waals surface area (Å²) in [5, 5.41) is 12.8. The number of ketones is 2. The number of allylic oxidation sites excluding steroid dienone is 6. The molecule has 0 bridgehead atoms. The van der Waals surface area contributed by atoms with Crippen molar-refractivity contribution in [1.82, 2.24) is 5.32 Å². The minimum Gasteiger partial charge on any atom is -0.504 e. The van der Waals surface area contributed by atoms with Gasteiger partial charge in [0.25, 0.3) is 0 Å². The minimum atomic E-state index is -0.563. The van der Waals surface area contributed by atoms with E-state index in [1.165, 1.54) is 13.2 Å². The van der Waals surface area contributed by atoms with E-state index in [9.17, 15) is 24.3 Å². The Morgan fingerprint density at radius 2 is 1.88 bits per heavy atom. The van der Waals surface area contributed by atoms with E-state index >= 15 is 0 Å². The summed E-state index contributed by atoms with van der Waals surface area (Å²) in [6.45, 7) is 1.63. The molecule has 3 aliphatic carbocycles. The van der Waals surface area contributed by atoms with Crippen molar-refractivity contribution in [3.05, 3.63) is 55.7 Å². The standard InChI is InChI=1S/C24H20INO6/c1-9-5-16(27)14-8-13-11(3-4-12-19(13)24(31)26-23(12)30)18(20(14)21(9)28)10-6-15(25)22(29)17(7-10)32-2/h3,5-7,12-13,18-19,29H,4,8H2,1-2H3,(H,26,30,31)/t12-,13+,18-,19-/m0/s1. The van der Waals surface area contributed by atoms with Crippen LogP contribution in [0, 0.1) is 21.3 Å². The third-order valence-electron chi connectivity index (χ3n) is 7.01. The van der Waals surface area contributed by atoms with E-state index in [2.05, 4.69) is 5.32 Å². The highest BCUT2D eigenvalue weighted by molar-refractivity contribution is 14.1. The van der Waals surface area contributed by atoms with Crippen molar-refractivity contribution in [2.45, 2.75) is 25.7 Å². The molecule has 1 aliphatic heterocycles. The van der Waals surface area contributed by atoms with Crippen LogP contribution >= 0.6 is 22.6 Å². The van der Waals surface area contributed by atoms with Crippen LogP contribution in [0.2, 0.25) is 0 Å². The lowest BCUT2D eigenvalue weighted by Gasteiger charge is -2.42. The van der Waals surface area contributed by atoms with Crippen LogP contribution in [0.5, 0.6) is 11.5 Å². The number of aromatic hydroxyl groups is 1. The molecule has 2 amide bonds. The summed E-state index contributed by atoms with van der Waals surface area (Å²) in [5.41, 5.74) is 2.77. The Labute approximate surface area is 197 Å². The molecule has 0 aromatic heterocycles. The molecule has 32 heavy (non-hydrogen) atoms. The number of phenolic OH excluding ortho intramolecular Hbond substituents is 1. The number of methoxy groups -OCH3 is 1. The molecule has 7 nitrogen and oxygen atoms in total. The van der Waals surface area contributed by atoms with Gasteiger partial charge in [0.2, 0.25) is 11.8 Å². The molecule has 0 radical (unpaired) electrons. The molecule has 164 valence electrons. The van der Waals surface area contributed by atoms with Crippen LogP contribution in [0.15, 0.2) is 46.6 Å². The molecule has 4 atom stereocenters. The van der Waals surface area contributed by atoms with E-state index in [1.54, 1.807) is 19.1 Å². The van der Waals surface area contributed by atoms with Crippen LogP contribution in [-0.4, -0.2) is 35.6 Å². The van der Waals surface area contributed by atoms with Crippen molar-refractivity contribution in [3.8, 4) is 11.5 Å². The van der Waals surface area contributed by atoms with Gasteiger partial charge >= 0.3 is 0 Å². The number of hydrogen-bond donors (Lipinski definition) is 2. The smallest absolute Gasteiger partial charge is 0.231 e. The number of benzene rings is 1. The second-order valence-corrected chi connectivity index (χ2v) is 9.80. The van der Waals surface area contributed by atoms with Gasteiger partial charge in [-0.3, -0.25) is 24.5 Å². The molecule has 1 aromatic carbocycles. The first-order chi connectivity index (χ1) is 15.2. The maximum atomic E-state index is 13.3. The first kappa shape index (κ1) is 21.1. The Morgan fingerprint density at radius 1 is 1.12 bits per heavy atom. The number of amides is 2. The molecule has 1 aromatic rings. The van der Waals surface area contributed by atoms with Gasteiger partial charge in [0.1, 0.15) is 0 Å². The van der Waals surface area contributed by atoms with Gasteiger partial charge in [0.15, 0.2) is 23.1 Å². The van der Waals surface area contributed by atoms with Crippen LogP contribution in [0.25, 0.3) is 0 Å². The van der Waals surface area contributed by atoms with Gasteiger partial charge in [0, 0.05) is 22.6 Å². The second kappa shape index (κ2) is 7.40. The number of fused-ring (bicyclic) bond motifs is 3. The summed E-state index contributed by atoms with van der Waals surface area (Å²) in [6, 6.07) is 3.45. The molecule has 8 heteroatoms. The van der Waals surface area contributed by atoms with E-state index in [0.717, 1.165) is 5.57 Å². The zero-order valence-corrected chi connectivity index (χ0v) is 19.6. The molecule has 0 unspecified atom stereocenters. The third-order valence-corrected chi connectivity index (χ3v) is 7.83. The number of hydrogen-bond acceptors (Lipinski definition) is 6. The van der Waals surface area contributed by atoms with Crippen molar-refractivity contribution in [1.29, 1.82) is 0 Å². The van der Waals surface area contributed by atoms with Gasteiger partial charge in [-0.15, -0.1) is 0 Å². The molecule has 5 rings (SSSR count). The van der Waals surface area contributed by atoms with Crippen molar-refractivity contribution in [2.24, 2.45) is 17.8 Å². The van der Waals surface area contributed by atoms with Crippen molar-refractivity contribution < 1.29 is 29.0 Å². The highest BCUT2D eigenvalue weighted by Gasteiger charge is 2.53. The van der Waals surface area contributed by atoms with E-state index < -0.39 is 17.8 Å². The Balaban J connectivity index is 1.75. The number of carbonyl (C=O) groups is 4. The molecule has 0 saturated carbocycles. The average Bonchev–Trinajstić information content (AvgIpc) is 3.06. The molecule has 1 saturated heterocycles. The highest BCUT2D eigenvalue weighted by Crippen LogP contribution is 2.54. The molecular formula is C24H20INO6. The predicted molar refractivity (Wildman–Crippen MR) is 122 cm³/mol. The fourth-order valence-corrected chi connectivity index (χ4v) is 6.19. The number of imide groups is 1. The summed E-state index contributed by atoms with van der Waals surface area (Å²) in [7, 11) is 1.45. The maximum absolute atomic E-state index is 13.3. The predicted octanol–water partition coefficient (Wildman–Crippen LogP) is 2.72. The van der Waals surface area contributed by atoms with Crippen LogP contribution in [0.3, 0.4) is 0 Å². The molecule has 2 N–H and O–H groups in total. The zero-order chi connectivity index (χ0) is 22.9. The van der Waals surface area contributed by atoms with Crippen molar-refractivity contribution >= 4 is 46.0 Å². The zero-order valence-electron chi connectivity index (χ0n) is 17.4. The van der Waals surface area contributed by atoms with Crippen LogP contribution < -0.4 is 10.1 Å². The number of ether oxygens (including phenoxy) is 1. The van der Waals surface area contributed by atoms with E-state index in [1.807, 2.05) is 28.7 Å². The fraction of sp³-hybridized carbons (Fsp3) is 0.333. The lowest BCUT2D eigenvalue weighted by molar-refractivity contribution is -0.126. The number of phenols is 1. The normalized spacial score (nSPS) is 29.1. The average molecular weight is 545 g/mol. The number of halogens is 1. The number of carbonyl (C=O) groups excluding carboxylic acids is 4. The van der Waals surface area contributed by atoms with E-state index in [4.69, 9.17) is 4.74 Å². The highest BCUT2D eigenvalue weighted by atomic mass is 127. The SMILES string of the molecule is COc1cc([C@H]2C3=CC[C@@H]4C(=O)NC(=O)[C@@H]4[C@@H]3CC3=C2C(=O)C(C)=CC3=O)cc(I)c1O. The van der Waals surface area contributed by atoms with Gasteiger partial charge in [-0.1, -0.05) is 11.6 Å². The molecule has 4 aliphatic rings. The summed E-state index contributed by atoms with van der Waals surface area (Å²) in [4.78, 5) is 51.3. The van der Waals surface area contributed by atoms with Gasteiger partial charge in [0.05, 0.1) is 22.5 Å². The maximum Gasteiger partial charge on any atom is 0.231 e. The minimum absolute atomic E-state index is 0.000934. The first-order valence-electron chi connectivity index (χ1n) is 10.3. The fourth-order valence-electron chi connectivity index (χ4n) is 5.57. The van der Waals surface area contributed by atoms with E-state index in [0.29, 0.717) is 32.3 Å². The quantitative estimate of drug-likeness (QED) is 0.256. The number of rotatable bonds is 2. The summed E-state index contributed by atoms with van der Waals surface area (Å²) in [5.74, 6) is -2.70. The summed E-state index contributed by atoms with van der Waals surface area (Å²) >= 11 is 2.00. The van der Waals surface area contributed by atoms with E-state index in [-0.39, 0.29) is 47.2 Å². The van der Waals surface area contributed by atoms with Crippen molar-refractivity contribution in [3.63, 3.8) is 0 Å². The Hall–Kier alpha value is -2.75. The van der Waals surface area contributed by atoms with Crippen LogP contribution in [-0.2, 0) is 19.2 Å². The first-order valence-corrected chi connectivity index (χ1v) is 11.4. The van der Waals surface area contributed by atoms with Gasteiger partial charge in [-0.25, -0.2) is 0 Å². The Kier molecular flexibility index (Phi) is 4.88. The lowest BCUT2D eigenvalue weighted by atomic mass is 9.59. The molecular weight excluding hydrogens is 525 g/mol. The third kappa shape index (κ3) is 2.92. The monoisotopic (exact) mass is 545 g/mol. The van der Waals surface area contributed by atoms with Gasteiger partial charge < -0.3 is 9.84 Å². The summed E-state index contributed by atoms with van der Waals surface area (Å²) in [6.07, 6.45) is 3.96.